The molecule has 1 saturated carbocycles. The van der Waals surface area contributed by atoms with Crippen molar-refractivity contribution in [2.24, 2.45) is 11.3 Å². The summed E-state index contributed by atoms with van der Waals surface area (Å²) >= 11 is 0. The van der Waals surface area contributed by atoms with Gasteiger partial charge in [0, 0.05) is 12.5 Å². The second-order valence-electron chi connectivity index (χ2n) is 5.44. The number of ketones is 1. The monoisotopic (exact) mass is 296 g/mol. The van der Waals surface area contributed by atoms with Gasteiger partial charge in [-0.25, -0.2) is 4.79 Å². The third kappa shape index (κ3) is 4.16. The van der Waals surface area contributed by atoms with Crippen LogP contribution in [-0.4, -0.2) is 31.4 Å². The Hall–Kier alpha value is -1.65. The molecule has 1 aliphatic rings. The molecular weight excluding hydrogens is 272 g/mol. The molecule has 5 heteroatoms. The van der Waals surface area contributed by atoms with Gasteiger partial charge in [-0.3, -0.25) is 9.59 Å². The number of ether oxygens (including phenoxy) is 2. The van der Waals surface area contributed by atoms with Gasteiger partial charge in [0.25, 0.3) is 0 Å². The first-order valence-electron chi connectivity index (χ1n) is 7.41. The lowest BCUT2D eigenvalue weighted by atomic mass is 9.65. The highest BCUT2D eigenvalue weighted by atomic mass is 16.5. The van der Waals surface area contributed by atoms with E-state index in [1.807, 2.05) is 0 Å². The van der Waals surface area contributed by atoms with Gasteiger partial charge in [-0.15, -0.1) is 0 Å². The van der Waals surface area contributed by atoms with Crippen LogP contribution in [0.4, 0.5) is 0 Å². The van der Waals surface area contributed by atoms with Crippen molar-refractivity contribution in [1.29, 1.82) is 0 Å². The summed E-state index contributed by atoms with van der Waals surface area (Å²) in [5, 5.41) is 0. The number of methoxy groups -OCH3 is 1. The topological polar surface area (TPSA) is 69.7 Å². The maximum Gasteiger partial charge on any atom is 0.330 e. The lowest BCUT2D eigenvalue weighted by molar-refractivity contribution is -0.163. The number of allylic oxidation sites excluding steroid dienone is 1. The Morgan fingerprint density at radius 2 is 2.14 bits per heavy atom. The minimum absolute atomic E-state index is 0.0417. The first-order valence-corrected chi connectivity index (χ1v) is 7.41. The molecule has 0 aromatic carbocycles. The highest BCUT2D eigenvalue weighted by Gasteiger charge is 2.49. The first-order chi connectivity index (χ1) is 9.96. The maximum absolute atomic E-state index is 12.2. The van der Waals surface area contributed by atoms with Gasteiger partial charge in [-0.05, 0) is 45.4 Å². The van der Waals surface area contributed by atoms with Crippen LogP contribution in [0.25, 0.3) is 0 Å². The summed E-state index contributed by atoms with van der Waals surface area (Å²) in [6.45, 7) is 3.78. The summed E-state index contributed by atoms with van der Waals surface area (Å²) in [6.07, 6.45) is 6.48. The minimum Gasteiger partial charge on any atom is -0.468 e. The number of hydrogen-bond donors (Lipinski definition) is 0. The molecule has 0 spiro atoms. The Kier molecular flexibility index (Phi) is 6.59. The Morgan fingerprint density at radius 3 is 2.76 bits per heavy atom. The molecule has 1 aliphatic carbocycles. The van der Waals surface area contributed by atoms with Crippen LogP contribution in [-0.2, 0) is 23.9 Å². The van der Waals surface area contributed by atoms with Gasteiger partial charge in [0.05, 0.1) is 13.7 Å². The van der Waals surface area contributed by atoms with Crippen LogP contribution < -0.4 is 0 Å². The highest BCUT2D eigenvalue weighted by molar-refractivity contribution is 6.04. The summed E-state index contributed by atoms with van der Waals surface area (Å²) in [7, 11) is 1.31. The standard InChI is InChI=1S/C16H24O5/c1-4-21-14(18)11-6-5-8-12-9-7-10-13(17)16(12,2)15(19)20-3/h6,11-12H,4-5,7-10H2,1-3H3/b11-6+/t12-,16-/m1/s1. The fraction of sp³-hybridized carbons (Fsp3) is 0.688. The second kappa shape index (κ2) is 7.96. The molecule has 0 amide bonds. The quantitative estimate of drug-likeness (QED) is 0.428. The molecule has 1 fully saturated rings. The van der Waals surface area contributed by atoms with Gasteiger partial charge in [-0.2, -0.15) is 0 Å². The Balaban J connectivity index is 2.65. The fourth-order valence-corrected chi connectivity index (χ4v) is 2.88. The molecule has 118 valence electrons. The van der Waals surface area contributed by atoms with Crippen LogP contribution in [0, 0.1) is 11.3 Å². The molecule has 21 heavy (non-hydrogen) atoms. The lowest BCUT2D eigenvalue weighted by Gasteiger charge is -2.37. The van der Waals surface area contributed by atoms with Gasteiger partial charge in [0.15, 0.2) is 0 Å². The SMILES string of the molecule is CCOC(=O)/C=C/CC[C@@H]1CCCC(=O)[C@]1(C)C(=O)OC. The van der Waals surface area contributed by atoms with Crippen LogP contribution >= 0.6 is 0 Å². The molecule has 0 N–H and O–H groups in total. The van der Waals surface area contributed by atoms with Gasteiger partial charge in [-0.1, -0.05) is 6.08 Å². The zero-order chi connectivity index (χ0) is 15.9. The van der Waals surface area contributed by atoms with E-state index in [1.165, 1.54) is 13.2 Å². The van der Waals surface area contributed by atoms with Crippen LogP contribution in [0.2, 0.25) is 0 Å². The summed E-state index contributed by atoms with van der Waals surface area (Å²) in [5.41, 5.74) is -1.05. The number of hydrogen-bond acceptors (Lipinski definition) is 5. The van der Waals surface area contributed by atoms with Crippen molar-refractivity contribution in [1.82, 2.24) is 0 Å². The van der Waals surface area contributed by atoms with E-state index in [0.29, 0.717) is 25.9 Å². The van der Waals surface area contributed by atoms with Crippen molar-refractivity contribution in [3.05, 3.63) is 12.2 Å². The van der Waals surface area contributed by atoms with Crippen molar-refractivity contribution in [2.75, 3.05) is 13.7 Å². The molecule has 0 aromatic heterocycles. The van der Waals surface area contributed by atoms with Crippen LogP contribution in [0.5, 0.6) is 0 Å². The van der Waals surface area contributed by atoms with E-state index in [4.69, 9.17) is 9.47 Å². The Bertz CT molecular complexity index is 416. The molecule has 0 radical (unpaired) electrons. The molecule has 5 nitrogen and oxygen atoms in total. The Labute approximate surface area is 125 Å². The van der Waals surface area contributed by atoms with Crippen molar-refractivity contribution >= 4 is 17.7 Å². The van der Waals surface area contributed by atoms with Crippen molar-refractivity contribution < 1.29 is 23.9 Å². The molecular formula is C16H24O5. The first kappa shape index (κ1) is 17.4. The number of carbonyl (C=O) groups excluding carboxylic acids is 3. The molecule has 2 atom stereocenters. The molecule has 0 aliphatic heterocycles. The average molecular weight is 296 g/mol. The zero-order valence-electron chi connectivity index (χ0n) is 13.0. The number of esters is 2. The predicted octanol–water partition coefficient (Wildman–Crippen LogP) is 2.43. The van der Waals surface area contributed by atoms with E-state index in [0.717, 1.165) is 12.8 Å². The smallest absolute Gasteiger partial charge is 0.330 e. The molecule has 0 aromatic rings. The summed E-state index contributed by atoms with van der Waals surface area (Å²) < 4.78 is 9.61. The largest absolute Gasteiger partial charge is 0.468 e. The second-order valence-corrected chi connectivity index (χ2v) is 5.44. The van der Waals surface area contributed by atoms with Crippen LogP contribution in [0.15, 0.2) is 12.2 Å². The van der Waals surface area contributed by atoms with E-state index in [9.17, 15) is 14.4 Å². The summed E-state index contributed by atoms with van der Waals surface area (Å²) in [5.74, 6) is -0.905. The Morgan fingerprint density at radius 1 is 1.43 bits per heavy atom. The molecule has 0 unspecified atom stereocenters. The van der Waals surface area contributed by atoms with E-state index < -0.39 is 11.4 Å². The fourth-order valence-electron chi connectivity index (χ4n) is 2.88. The van der Waals surface area contributed by atoms with Crippen molar-refractivity contribution in [3.63, 3.8) is 0 Å². The highest BCUT2D eigenvalue weighted by Crippen LogP contribution is 2.42. The van der Waals surface area contributed by atoms with E-state index in [2.05, 4.69) is 0 Å². The minimum atomic E-state index is -1.05. The van der Waals surface area contributed by atoms with Gasteiger partial charge >= 0.3 is 11.9 Å². The third-order valence-electron chi connectivity index (χ3n) is 4.18. The molecule has 1 rings (SSSR count). The maximum atomic E-state index is 12.2. The van der Waals surface area contributed by atoms with Crippen molar-refractivity contribution in [3.8, 4) is 0 Å². The van der Waals surface area contributed by atoms with Gasteiger partial charge < -0.3 is 9.47 Å². The summed E-state index contributed by atoms with van der Waals surface area (Å²) in [6, 6.07) is 0. The number of rotatable bonds is 6. The summed E-state index contributed by atoms with van der Waals surface area (Å²) in [4.78, 5) is 35.4. The third-order valence-corrected chi connectivity index (χ3v) is 4.18. The van der Waals surface area contributed by atoms with Gasteiger partial charge in [0.2, 0.25) is 0 Å². The van der Waals surface area contributed by atoms with Crippen LogP contribution in [0.3, 0.4) is 0 Å². The van der Waals surface area contributed by atoms with Crippen LogP contribution in [0.1, 0.15) is 46.0 Å². The van der Waals surface area contributed by atoms with Crippen molar-refractivity contribution in [2.45, 2.75) is 46.0 Å². The molecule has 0 heterocycles. The normalized spacial score (nSPS) is 25.9. The van der Waals surface area contributed by atoms with E-state index in [-0.39, 0.29) is 17.7 Å². The number of Topliss-reactive ketones (excluding diaryl/α,β-unsaturated/α-hetero) is 1. The van der Waals surface area contributed by atoms with E-state index in [1.54, 1.807) is 19.9 Å². The average Bonchev–Trinajstić information content (AvgIpc) is 2.47. The lowest BCUT2D eigenvalue weighted by Crippen LogP contribution is -2.46. The zero-order valence-corrected chi connectivity index (χ0v) is 13.0. The van der Waals surface area contributed by atoms with E-state index >= 15 is 0 Å². The molecule has 0 bridgehead atoms. The predicted molar refractivity (Wildman–Crippen MR) is 77.5 cm³/mol. The number of carbonyl (C=O) groups is 3. The van der Waals surface area contributed by atoms with Gasteiger partial charge in [0.1, 0.15) is 11.2 Å². The molecule has 0 saturated heterocycles.